The molecule has 2 aromatic carbocycles. The molecule has 5 heteroatoms. The number of halogens is 1. The van der Waals surface area contributed by atoms with Crippen LogP contribution < -0.4 is 0 Å². The minimum Gasteiger partial charge on any atom is -0.508 e. The fourth-order valence-electron chi connectivity index (χ4n) is 1.59. The van der Waals surface area contributed by atoms with Gasteiger partial charge in [0, 0.05) is 0 Å². The van der Waals surface area contributed by atoms with Crippen LogP contribution >= 0.6 is 0 Å². The van der Waals surface area contributed by atoms with E-state index in [9.17, 15) is 17.9 Å². The van der Waals surface area contributed by atoms with Crippen LogP contribution in [0.15, 0.2) is 53.4 Å². The number of hydrogen-bond acceptors (Lipinski definition) is 3. The minimum atomic E-state index is -3.52. The van der Waals surface area contributed by atoms with Crippen LogP contribution in [0.4, 0.5) is 4.39 Å². The molecule has 0 saturated heterocycles. The summed E-state index contributed by atoms with van der Waals surface area (Å²) in [4.78, 5) is 0.0623. The lowest BCUT2D eigenvalue weighted by Crippen LogP contribution is -2.04. The Balaban J connectivity index is 2.30. The Morgan fingerprint density at radius 3 is 2.33 bits per heavy atom. The Labute approximate surface area is 104 Å². The summed E-state index contributed by atoms with van der Waals surface area (Å²) in [5.74, 6) is -0.694. The summed E-state index contributed by atoms with van der Waals surface area (Å²) in [6, 6.07) is 10.7. The first-order valence-corrected chi connectivity index (χ1v) is 6.89. The van der Waals surface area contributed by atoms with Crippen molar-refractivity contribution in [2.75, 3.05) is 0 Å². The van der Waals surface area contributed by atoms with Gasteiger partial charge in [-0.15, -0.1) is 0 Å². The van der Waals surface area contributed by atoms with Gasteiger partial charge in [0.25, 0.3) is 0 Å². The molecule has 0 aromatic heterocycles. The maximum Gasteiger partial charge on any atom is 0.182 e. The SMILES string of the molecule is O=S(=O)(Cc1cccc(O)c1)c1ccc(F)cc1. The molecule has 0 bridgehead atoms. The van der Waals surface area contributed by atoms with Gasteiger partial charge in [0.1, 0.15) is 11.6 Å². The zero-order valence-corrected chi connectivity index (χ0v) is 10.2. The van der Waals surface area contributed by atoms with Crippen molar-refractivity contribution in [3.8, 4) is 5.75 Å². The van der Waals surface area contributed by atoms with Crippen molar-refractivity contribution in [1.29, 1.82) is 0 Å². The number of rotatable bonds is 3. The van der Waals surface area contributed by atoms with E-state index in [1.165, 1.54) is 24.3 Å². The van der Waals surface area contributed by atoms with Crippen LogP contribution in [0.5, 0.6) is 5.75 Å². The van der Waals surface area contributed by atoms with Gasteiger partial charge in [0.2, 0.25) is 0 Å². The van der Waals surface area contributed by atoms with Gasteiger partial charge < -0.3 is 5.11 Å². The molecule has 1 N–H and O–H groups in total. The van der Waals surface area contributed by atoms with Crippen LogP contribution in [0.25, 0.3) is 0 Å². The second-order valence-electron chi connectivity index (χ2n) is 3.88. The highest BCUT2D eigenvalue weighted by molar-refractivity contribution is 7.90. The molecule has 2 aromatic rings. The molecule has 0 fully saturated rings. The molecule has 94 valence electrons. The van der Waals surface area contributed by atoms with Crippen molar-refractivity contribution < 1.29 is 17.9 Å². The van der Waals surface area contributed by atoms with E-state index in [0.717, 1.165) is 12.1 Å². The van der Waals surface area contributed by atoms with Gasteiger partial charge >= 0.3 is 0 Å². The predicted octanol–water partition coefficient (Wildman–Crippen LogP) is 2.51. The van der Waals surface area contributed by atoms with Crippen molar-refractivity contribution in [2.24, 2.45) is 0 Å². The van der Waals surface area contributed by atoms with Crippen molar-refractivity contribution in [3.63, 3.8) is 0 Å². The lowest BCUT2D eigenvalue weighted by molar-refractivity contribution is 0.475. The molecule has 3 nitrogen and oxygen atoms in total. The molecule has 0 radical (unpaired) electrons. The first kappa shape index (κ1) is 12.6. The standard InChI is InChI=1S/C13H11FO3S/c14-11-4-6-13(7-5-11)18(16,17)9-10-2-1-3-12(15)8-10/h1-8,15H,9H2. The van der Waals surface area contributed by atoms with Crippen molar-refractivity contribution >= 4 is 9.84 Å². The van der Waals surface area contributed by atoms with E-state index < -0.39 is 15.7 Å². The Bertz CT molecular complexity index is 648. The number of phenols is 1. The molecular formula is C13H11FO3S. The second-order valence-corrected chi connectivity index (χ2v) is 5.87. The summed E-state index contributed by atoms with van der Waals surface area (Å²) in [6.07, 6.45) is 0. The average Bonchev–Trinajstić information content (AvgIpc) is 2.29. The Morgan fingerprint density at radius 1 is 1.06 bits per heavy atom. The van der Waals surface area contributed by atoms with E-state index in [2.05, 4.69) is 0 Å². The van der Waals surface area contributed by atoms with Crippen molar-refractivity contribution in [2.45, 2.75) is 10.6 Å². The van der Waals surface area contributed by atoms with Gasteiger partial charge in [-0.2, -0.15) is 0 Å². The van der Waals surface area contributed by atoms with Crippen LogP contribution in [0.2, 0.25) is 0 Å². The molecule has 18 heavy (non-hydrogen) atoms. The van der Waals surface area contributed by atoms with E-state index in [1.807, 2.05) is 0 Å². The van der Waals surface area contributed by atoms with E-state index in [1.54, 1.807) is 12.1 Å². The average molecular weight is 266 g/mol. The molecule has 0 unspecified atom stereocenters. The lowest BCUT2D eigenvalue weighted by atomic mass is 10.2. The Kier molecular flexibility index (Phi) is 3.34. The van der Waals surface area contributed by atoms with Gasteiger partial charge in [-0.25, -0.2) is 12.8 Å². The number of sulfone groups is 1. The summed E-state index contributed by atoms with van der Waals surface area (Å²) in [5.41, 5.74) is 0.485. The minimum absolute atomic E-state index is 0.0156. The first-order chi connectivity index (χ1) is 8.47. The van der Waals surface area contributed by atoms with Crippen molar-refractivity contribution in [3.05, 3.63) is 59.9 Å². The molecule has 0 spiro atoms. The highest BCUT2D eigenvalue weighted by Crippen LogP contribution is 2.19. The summed E-state index contributed by atoms with van der Waals surface area (Å²) < 4.78 is 36.8. The molecule has 0 saturated carbocycles. The second kappa shape index (κ2) is 4.78. The molecule has 0 aliphatic carbocycles. The van der Waals surface area contributed by atoms with Gasteiger partial charge in [0.05, 0.1) is 10.6 Å². The summed E-state index contributed by atoms with van der Waals surface area (Å²) in [7, 11) is -3.52. The quantitative estimate of drug-likeness (QED) is 0.868. The third-order valence-corrected chi connectivity index (χ3v) is 4.14. The Hall–Kier alpha value is -1.88. The van der Waals surface area contributed by atoms with Crippen LogP contribution in [0, 0.1) is 5.82 Å². The fraction of sp³-hybridized carbons (Fsp3) is 0.0769. The van der Waals surface area contributed by atoms with Crippen LogP contribution in [0.1, 0.15) is 5.56 Å². The summed E-state index contributed by atoms with van der Waals surface area (Å²) >= 11 is 0. The van der Waals surface area contributed by atoms with E-state index in [0.29, 0.717) is 5.56 Å². The van der Waals surface area contributed by atoms with Gasteiger partial charge in [-0.3, -0.25) is 0 Å². The number of aromatic hydroxyl groups is 1. The number of phenolic OH excluding ortho intramolecular Hbond substituents is 1. The number of hydrogen-bond donors (Lipinski definition) is 1. The third-order valence-electron chi connectivity index (χ3n) is 2.44. The molecule has 0 amide bonds. The lowest BCUT2D eigenvalue weighted by Gasteiger charge is -2.05. The summed E-state index contributed by atoms with van der Waals surface area (Å²) in [5, 5.41) is 9.27. The first-order valence-electron chi connectivity index (χ1n) is 5.24. The van der Waals surface area contributed by atoms with E-state index >= 15 is 0 Å². The fourth-order valence-corrected chi connectivity index (χ4v) is 2.93. The normalized spacial score (nSPS) is 11.4. The van der Waals surface area contributed by atoms with Gasteiger partial charge in [-0.05, 0) is 42.0 Å². The highest BCUT2D eigenvalue weighted by Gasteiger charge is 2.15. The molecule has 2 rings (SSSR count). The smallest absolute Gasteiger partial charge is 0.182 e. The van der Waals surface area contributed by atoms with Crippen LogP contribution in [-0.4, -0.2) is 13.5 Å². The molecule has 0 heterocycles. The maximum atomic E-state index is 12.7. The largest absolute Gasteiger partial charge is 0.508 e. The Morgan fingerprint density at radius 2 is 1.72 bits per heavy atom. The van der Waals surface area contributed by atoms with Gasteiger partial charge in [0.15, 0.2) is 9.84 Å². The zero-order valence-electron chi connectivity index (χ0n) is 9.38. The number of benzene rings is 2. The molecule has 0 atom stereocenters. The third kappa shape index (κ3) is 2.87. The van der Waals surface area contributed by atoms with E-state index in [4.69, 9.17) is 0 Å². The molecule has 0 aliphatic rings. The monoisotopic (exact) mass is 266 g/mol. The summed E-state index contributed by atoms with van der Waals surface area (Å²) in [6.45, 7) is 0. The molecule has 0 aliphatic heterocycles. The highest BCUT2D eigenvalue weighted by atomic mass is 32.2. The van der Waals surface area contributed by atoms with Crippen LogP contribution in [-0.2, 0) is 15.6 Å². The molecular weight excluding hydrogens is 255 g/mol. The maximum absolute atomic E-state index is 12.7. The van der Waals surface area contributed by atoms with Crippen molar-refractivity contribution in [1.82, 2.24) is 0 Å². The zero-order chi connectivity index (χ0) is 13.2. The van der Waals surface area contributed by atoms with Gasteiger partial charge in [-0.1, -0.05) is 12.1 Å². The van der Waals surface area contributed by atoms with Crippen LogP contribution in [0.3, 0.4) is 0 Å². The topological polar surface area (TPSA) is 54.4 Å². The van der Waals surface area contributed by atoms with E-state index in [-0.39, 0.29) is 16.4 Å². The predicted molar refractivity (Wildman–Crippen MR) is 65.4 cm³/mol.